The van der Waals surface area contributed by atoms with Gasteiger partial charge in [0.15, 0.2) is 5.82 Å². The van der Waals surface area contributed by atoms with Crippen LogP contribution in [0.5, 0.6) is 0 Å². The zero-order chi connectivity index (χ0) is 17.5. The summed E-state index contributed by atoms with van der Waals surface area (Å²) in [7, 11) is 0. The van der Waals surface area contributed by atoms with Crippen molar-refractivity contribution in [3.8, 4) is 0 Å². The topological polar surface area (TPSA) is 86.4 Å². The number of anilines is 2. The van der Waals surface area contributed by atoms with Crippen LogP contribution in [0.1, 0.15) is 40.0 Å². The number of hydrogen-bond acceptors (Lipinski definition) is 4. The number of amides is 3. The first-order valence-electron chi connectivity index (χ1n) is 8.59. The third-order valence-corrected chi connectivity index (χ3v) is 4.18. The number of carbonyl (C=O) groups excluding carboxylic acids is 2. The quantitative estimate of drug-likeness (QED) is 0.744. The van der Waals surface area contributed by atoms with Gasteiger partial charge in [0.25, 0.3) is 0 Å². The van der Waals surface area contributed by atoms with Crippen LogP contribution in [0.4, 0.5) is 16.3 Å². The Morgan fingerprint density at radius 1 is 1.25 bits per heavy atom. The average Bonchev–Trinajstić information content (AvgIpc) is 3.09. The molecule has 1 saturated heterocycles. The fraction of sp³-hybridized carbons (Fsp3) is 0.588. The molecule has 0 bridgehead atoms. The van der Waals surface area contributed by atoms with E-state index in [0.717, 1.165) is 38.2 Å². The summed E-state index contributed by atoms with van der Waals surface area (Å²) >= 11 is 0. The Labute approximate surface area is 143 Å². The smallest absolute Gasteiger partial charge is 0.319 e. The molecular formula is C17H27N5O2. The highest BCUT2D eigenvalue weighted by atomic mass is 16.2. The summed E-state index contributed by atoms with van der Waals surface area (Å²) in [6, 6.07) is 2.68. The lowest BCUT2D eigenvalue weighted by atomic mass is 10.2. The Balaban J connectivity index is 1.94. The molecular weight excluding hydrogens is 306 g/mol. The second kappa shape index (κ2) is 8.52. The van der Waals surface area contributed by atoms with Crippen molar-refractivity contribution in [2.45, 2.75) is 52.1 Å². The molecule has 3 amide bonds. The lowest BCUT2D eigenvalue weighted by molar-refractivity contribution is -0.123. The van der Waals surface area contributed by atoms with Gasteiger partial charge in [0.1, 0.15) is 6.04 Å². The first-order valence-corrected chi connectivity index (χ1v) is 8.59. The van der Waals surface area contributed by atoms with Gasteiger partial charge in [-0.15, -0.1) is 0 Å². The maximum Gasteiger partial charge on any atom is 0.319 e. The molecule has 0 spiro atoms. The standard InChI is InChI=1S/C17H27N5O2/c1-4-12(2)19-16(23)13(3)20-17(24)21-14-8-7-9-18-15(14)22-10-5-6-11-22/h7-9,12-13H,4-6,10-11H2,1-3H3,(H,19,23)(H2,20,21,24). The third kappa shape index (κ3) is 4.84. The fourth-order valence-electron chi connectivity index (χ4n) is 2.57. The van der Waals surface area contributed by atoms with Crippen molar-refractivity contribution in [2.75, 3.05) is 23.3 Å². The molecule has 0 radical (unpaired) electrons. The first kappa shape index (κ1) is 18.0. The summed E-state index contributed by atoms with van der Waals surface area (Å²) in [5.41, 5.74) is 0.659. The van der Waals surface area contributed by atoms with E-state index in [1.165, 1.54) is 0 Å². The van der Waals surface area contributed by atoms with Gasteiger partial charge in [-0.2, -0.15) is 0 Å². The second-order valence-electron chi connectivity index (χ2n) is 6.21. The van der Waals surface area contributed by atoms with Gasteiger partial charge in [-0.25, -0.2) is 9.78 Å². The van der Waals surface area contributed by atoms with Gasteiger partial charge in [-0.3, -0.25) is 4.79 Å². The van der Waals surface area contributed by atoms with E-state index in [9.17, 15) is 9.59 Å². The highest BCUT2D eigenvalue weighted by Gasteiger charge is 2.20. The van der Waals surface area contributed by atoms with Crippen LogP contribution < -0.4 is 20.9 Å². The van der Waals surface area contributed by atoms with E-state index in [4.69, 9.17) is 0 Å². The SMILES string of the molecule is CCC(C)NC(=O)C(C)NC(=O)Nc1cccnc1N1CCCC1. The minimum absolute atomic E-state index is 0.0879. The van der Waals surface area contributed by atoms with Gasteiger partial charge in [0, 0.05) is 25.3 Å². The maximum absolute atomic E-state index is 12.2. The summed E-state index contributed by atoms with van der Waals surface area (Å²) in [6.07, 6.45) is 4.84. The van der Waals surface area contributed by atoms with Crippen LogP contribution in [0.3, 0.4) is 0 Å². The molecule has 1 aromatic heterocycles. The van der Waals surface area contributed by atoms with Gasteiger partial charge >= 0.3 is 6.03 Å². The molecule has 2 heterocycles. The van der Waals surface area contributed by atoms with E-state index in [0.29, 0.717) is 5.69 Å². The van der Waals surface area contributed by atoms with E-state index in [1.807, 2.05) is 19.9 Å². The lowest BCUT2D eigenvalue weighted by Gasteiger charge is -2.21. The van der Waals surface area contributed by atoms with Crippen LogP contribution >= 0.6 is 0 Å². The molecule has 3 N–H and O–H groups in total. The molecule has 0 aromatic carbocycles. The van der Waals surface area contributed by atoms with Crippen LogP contribution in [-0.2, 0) is 4.79 Å². The third-order valence-electron chi connectivity index (χ3n) is 4.18. The zero-order valence-electron chi connectivity index (χ0n) is 14.6. The Morgan fingerprint density at radius 2 is 1.96 bits per heavy atom. The number of hydrogen-bond donors (Lipinski definition) is 3. The number of nitrogens with one attached hydrogen (secondary N) is 3. The Hall–Kier alpha value is -2.31. The number of aromatic nitrogens is 1. The Bertz CT molecular complexity index is 572. The van der Waals surface area contributed by atoms with Crippen molar-refractivity contribution >= 4 is 23.4 Å². The van der Waals surface area contributed by atoms with Crippen LogP contribution in [-0.4, -0.2) is 42.1 Å². The van der Waals surface area contributed by atoms with Gasteiger partial charge < -0.3 is 20.9 Å². The molecule has 0 aliphatic carbocycles. The van der Waals surface area contributed by atoms with Crippen molar-refractivity contribution in [3.05, 3.63) is 18.3 Å². The molecule has 7 heteroatoms. The van der Waals surface area contributed by atoms with E-state index < -0.39 is 12.1 Å². The molecule has 132 valence electrons. The monoisotopic (exact) mass is 333 g/mol. The summed E-state index contributed by atoms with van der Waals surface area (Å²) in [5, 5.41) is 8.33. The minimum Gasteiger partial charge on any atom is -0.355 e. The molecule has 2 unspecified atom stereocenters. The highest BCUT2D eigenvalue weighted by molar-refractivity contribution is 5.95. The number of rotatable bonds is 6. The number of urea groups is 1. The van der Waals surface area contributed by atoms with Crippen molar-refractivity contribution in [3.63, 3.8) is 0 Å². The zero-order valence-corrected chi connectivity index (χ0v) is 14.6. The fourth-order valence-corrected chi connectivity index (χ4v) is 2.57. The summed E-state index contributed by atoms with van der Waals surface area (Å²) in [4.78, 5) is 30.7. The van der Waals surface area contributed by atoms with Crippen LogP contribution in [0.15, 0.2) is 18.3 Å². The maximum atomic E-state index is 12.2. The Morgan fingerprint density at radius 3 is 2.62 bits per heavy atom. The van der Waals surface area contributed by atoms with Crippen molar-refractivity contribution < 1.29 is 9.59 Å². The average molecular weight is 333 g/mol. The van der Waals surface area contributed by atoms with Crippen LogP contribution in [0.2, 0.25) is 0 Å². The molecule has 2 atom stereocenters. The molecule has 2 rings (SSSR count). The minimum atomic E-state index is -0.606. The molecule has 0 saturated carbocycles. The normalized spacial score (nSPS) is 16.4. The van der Waals surface area contributed by atoms with Gasteiger partial charge in [0.05, 0.1) is 5.69 Å². The molecule has 1 aromatic rings. The molecule has 7 nitrogen and oxygen atoms in total. The van der Waals surface area contributed by atoms with Gasteiger partial charge in [-0.05, 0) is 45.2 Å². The number of nitrogens with zero attached hydrogens (tertiary/aromatic N) is 2. The van der Waals surface area contributed by atoms with Crippen molar-refractivity contribution in [2.24, 2.45) is 0 Å². The lowest BCUT2D eigenvalue weighted by Crippen LogP contribution is -2.48. The summed E-state index contributed by atoms with van der Waals surface area (Å²) in [6.45, 7) is 7.49. The van der Waals surface area contributed by atoms with Gasteiger partial charge in [-0.1, -0.05) is 6.92 Å². The second-order valence-corrected chi connectivity index (χ2v) is 6.21. The number of carbonyl (C=O) groups is 2. The largest absolute Gasteiger partial charge is 0.355 e. The summed E-state index contributed by atoms with van der Waals surface area (Å²) < 4.78 is 0. The van der Waals surface area contributed by atoms with Gasteiger partial charge in [0.2, 0.25) is 5.91 Å². The number of pyridine rings is 1. The van der Waals surface area contributed by atoms with Crippen LogP contribution in [0.25, 0.3) is 0 Å². The highest BCUT2D eigenvalue weighted by Crippen LogP contribution is 2.25. The summed E-state index contributed by atoms with van der Waals surface area (Å²) in [5.74, 6) is 0.590. The van der Waals surface area contributed by atoms with E-state index in [2.05, 4.69) is 25.8 Å². The molecule has 24 heavy (non-hydrogen) atoms. The van der Waals surface area contributed by atoms with E-state index >= 15 is 0 Å². The molecule has 1 aliphatic heterocycles. The van der Waals surface area contributed by atoms with Crippen molar-refractivity contribution in [1.82, 2.24) is 15.6 Å². The molecule has 1 fully saturated rings. The van der Waals surface area contributed by atoms with Crippen LogP contribution in [0, 0.1) is 0 Å². The Kier molecular flexibility index (Phi) is 6.40. The first-order chi connectivity index (χ1) is 11.5. The predicted molar refractivity (Wildman–Crippen MR) is 95.2 cm³/mol. The van der Waals surface area contributed by atoms with E-state index in [1.54, 1.807) is 19.2 Å². The predicted octanol–water partition coefficient (Wildman–Crippen LogP) is 2.11. The van der Waals surface area contributed by atoms with E-state index in [-0.39, 0.29) is 11.9 Å². The van der Waals surface area contributed by atoms with Crippen molar-refractivity contribution in [1.29, 1.82) is 0 Å². The molecule has 1 aliphatic rings.